The molecule has 1 aromatic rings. The molecule has 0 aromatic heterocycles. The van der Waals surface area contributed by atoms with Crippen molar-refractivity contribution in [3.63, 3.8) is 0 Å². The van der Waals surface area contributed by atoms with Crippen LogP contribution in [0.15, 0.2) is 30.3 Å². The van der Waals surface area contributed by atoms with Gasteiger partial charge in [0.2, 0.25) is 10.0 Å². The number of nitrogens with zero attached hydrogens (tertiary/aromatic N) is 2. The predicted octanol–water partition coefficient (Wildman–Crippen LogP) is -0.190. The van der Waals surface area contributed by atoms with Gasteiger partial charge in [0, 0.05) is 26.2 Å². The molecule has 0 aliphatic carbocycles. The molecule has 0 spiro atoms. The first-order valence-corrected chi connectivity index (χ1v) is 8.46. The van der Waals surface area contributed by atoms with Gasteiger partial charge in [-0.05, 0) is 5.56 Å². The molecular weight excluding hydrogens is 294 g/mol. The summed E-state index contributed by atoms with van der Waals surface area (Å²) >= 11 is 0. The van der Waals surface area contributed by atoms with E-state index >= 15 is 0 Å². The molecule has 8 heteroatoms. The van der Waals surface area contributed by atoms with Crippen LogP contribution in [0.2, 0.25) is 0 Å². The van der Waals surface area contributed by atoms with Gasteiger partial charge in [0.15, 0.2) is 0 Å². The first-order valence-electron chi connectivity index (χ1n) is 6.61. The Morgan fingerprint density at radius 1 is 1.19 bits per heavy atom. The maximum Gasteiger partial charge on any atom is 0.265 e. The highest BCUT2D eigenvalue weighted by molar-refractivity contribution is 7.88. The Bertz CT molecular complexity index is 583. The summed E-state index contributed by atoms with van der Waals surface area (Å²) in [5.41, 5.74) is 2.45. The molecule has 0 bridgehead atoms. The van der Waals surface area contributed by atoms with Gasteiger partial charge in [-0.15, -0.1) is 0 Å². The second-order valence-electron chi connectivity index (χ2n) is 4.99. The summed E-state index contributed by atoms with van der Waals surface area (Å²) < 4.78 is 24.4. The number of benzene rings is 1. The molecule has 7 nitrogen and oxygen atoms in total. The molecule has 116 valence electrons. The summed E-state index contributed by atoms with van der Waals surface area (Å²) in [6.45, 7) is 1.53. The lowest BCUT2D eigenvalue weighted by Crippen LogP contribution is -2.51. The van der Waals surface area contributed by atoms with Crippen molar-refractivity contribution in [1.29, 1.82) is 0 Å². The molecule has 1 unspecified atom stereocenters. The lowest BCUT2D eigenvalue weighted by atomic mass is 10.0. The van der Waals surface area contributed by atoms with E-state index < -0.39 is 22.0 Å². The predicted molar refractivity (Wildman–Crippen MR) is 77.1 cm³/mol. The molecular formula is C13H19N3O4S. The van der Waals surface area contributed by atoms with Gasteiger partial charge < -0.3 is 0 Å². The van der Waals surface area contributed by atoms with Gasteiger partial charge in [0.1, 0.15) is 6.04 Å². The number of amides is 1. The number of nitrogens with one attached hydrogen (secondary N) is 1. The largest absolute Gasteiger partial charge is 0.289 e. The Kier molecular flexibility index (Phi) is 4.94. The van der Waals surface area contributed by atoms with E-state index in [0.717, 1.165) is 5.56 Å². The van der Waals surface area contributed by atoms with E-state index in [9.17, 15) is 13.2 Å². The summed E-state index contributed by atoms with van der Waals surface area (Å²) in [4.78, 5) is 13.8. The minimum Gasteiger partial charge on any atom is -0.289 e. The van der Waals surface area contributed by atoms with Gasteiger partial charge in [-0.25, -0.2) is 13.9 Å². The van der Waals surface area contributed by atoms with Gasteiger partial charge in [0.25, 0.3) is 5.91 Å². The summed E-state index contributed by atoms with van der Waals surface area (Å²) in [6, 6.07) is 8.47. The van der Waals surface area contributed by atoms with Gasteiger partial charge in [-0.1, -0.05) is 30.3 Å². The Morgan fingerprint density at radius 2 is 1.76 bits per heavy atom. The third-order valence-electron chi connectivity index (χ3n) is 3.58. The zero-order valence-corrected chi connectivity index (χ0v) is 12.6. The monoisotopic (exact) mass is 313 g/mol. The third-order valence-corrected chi connectivity index (χ3v) is 4.88. The highest BCUT2D eigenvalue weighted by Crippen LogP contribution is 2.22. The van der Waals surface area contributed by atoms with E-state index in [2.05, 4.69) is 0 Å². The summed E-state index contributed by atoms with van der Waals surface area (Å²) in [5.74, 6) is -0.519. The molecule has 1 atom stereocenters. The summed E-state index contributed by atoms with van der Waals surface area (Å²) in [6.07, 6.45) is 1.18. The fourth-order valence-electron chi connectivity index (χ4n) is 2.52. The van der Waals surface area contributed by atoms with Crippen LogP contribution >= 0.6 is 0 Å². The SMILES string of the molecule is CS(=O)(=O)N1CCN(C(C(=O)NO)c2ccccc2)CC1. The van der Waals surface area contributed by atoms with E-state index in [4.69, 9.17) is 5.21 Å². The third kappa shape index (κ3) is 3.79. The van der Waals surface area contributed by atoms with Crippen LogP contribution in [0.1, 0.15) is 11.6 Å². The lowest BCUT2D eigenvalue weighted by molar-refractivity contribution is -0.135. The molecule has 1 saturated heterocycles. The van der Waals surface area contributed by atoms with Gasteiger partial charge >= 0.3 is 0 Å². The van der Waals surface area contributed by atoms with Crippen molar-refractivity contribution in [3.8, 4) is 0 Å². The standard InChI is InChI=1S/C13H19N3O4S/c1-21(19,20)16-9-7-15(8-10-16)12(13(17)14-18)11-5-3-2-4-6-11/h2-6,12,18H,7-10H2,1H3,(H,14,17). The van der Waals surface area contributed by atoms with Crippen LogP contribution in [0.5, 0.6) is 0 Å². The highest BCUT2D eigenvalue weighted by atomic mass is 32.2. The molecule has 1 aliphatic rings. The topological polar surface area (TPSA) is 90.0 Å². The second-order valence-corrected chi connectivity index (χ2v) is 6.97. The molecule has 1 aliphatic heterocycles. The minimum absolute atomic E-state index is 0.334. The molecule has 0 radical (unpaired) electrons. The van der Waals surface area contributed by atoms with E-state index in [1.54, 1.807) is 5.48 Å². The number of hydrogen-bond donors (Lipinski definition) is 2. The second kappa shape index (κ2) is 6.52. The number of carbonyl (C=O) groups is 1. The fourth-order valence-corrected chi connectivity index (χ4v) is 3.34. The van der Waals surface area contributed by atoms with Crippen molar-refractivity contribution in [2.75, 3.05) is 32.4 Å². The molecule has 1 amide bonds. The van der Waals surface area contributed by atoms with Gasteiger partial charge in [-0.2, -0.15) is 4.31 Å². The van der Waals surface area contributed by atoms with Crippen molar-refractivity contribution >= 4 is 15.9 Å². The quantitative estimate of drug-likeness (QED) is 0.594. The van der Waals surface area contributed by atoms with Crippen molar-refractivity contribution in [2.45, 2.75) is 6.04 Å². The smallest absolute Gasteiger partial charge is 0.265 e. The van der Waals surface area contributed by atoms with E-state index in [1.165, 1.54) is 10.6 Å². The molecule has 1 heterocycles. The number of hydroxylamine groups is 1. The van der Waals surface area contributed by atoms with Crippen molar-refractivity contribution in [1.82, 2.24) is 14.7 Å². The normalized spacial score (nSPS) is 19.1. The van der Waals surface area contributed by atoms with Crippen LogP contribution < -0.4 is 5.48 Å². The Morgan fingerprint density at radius 3 is 2.24 bits per heavy atom. The van der Waals surface area contributed by atoms with Crippen LogP contribution in [-0.4, -0.2) is 61.2 Å². The first-order chi connectivity index (χ1) is 9.93. The molecule has 2 rings (SSSR count). The lowest BCUT2D eigenvalue weighted by Gasteiger charge is -2.37. The number of piperazine rings is 1. The molecule has 1 fully saturated rings. The highest BCUT2D eigenvalue weighted by Gasteiger charge is 2.32. The van der Waals surface area contributed by atoms with Crippen molar-refractivity contribution in [3.05, 3.63) is 35.9 Å². The van der Waals surface area contributed by atoms with Crippen LogP contribution in [0, 0.1) is 0 Å². The van der Waals surface area contributed by atoms with Gasteiger partial charge in [-0.3, -0.25) is 14.9 Å². The van der Waals surface area contributed by atoms with Crippen molar-refractivity contribution in [2.24, 2.45) is 0 Å². The van der Waals surface area contributed by atoms with E-state index in [-0.39, 0.29) is 0 Å². The summed E-state index contributed by atoms with van der Waals surface area (Å²) in [7, 11) is -3.21. The van der Waals surface area contributed by atoms with E-state index in [0.29, 0.717) is 26.2 Å². The fraction of sp³-hybridized carbons (Fsp3) is 0.462. The zero-order valence-electron chi connectivity index (χ0n) is 11.8. The molecule has 21 heavy (non-hydrogen) atoms. The number of hydrogen-bond acceptors (Lipinski definition) is 5. The average Bonchev–Trinajstić information content (AvgIpc) is 2.48. The number of carbonyl (C=O) groups excluding carboxylic acids is 1. The maximum atomic E-state index is 12.0. The Balaban J connectivity index is 2.15. The average molecular weight is 313 g/mol. The van der Waals surface area contributed by atoms with Crippen molar-refractivity contribution < 1.29 is 18.4 Å². The minimum atomic E-state index is -3.21. The molecule has 0 saturated carbocycles. The van der Waals surface area contributed by atoms with Gasteiger partial charge in [0.05, 0.1) is 6.26 Å². The van der Waals surface area contributed by atoms with Crippen LogP contribution in [0.25, 0.3) is 0 Å². The Hall–Kier alpha value is -1.48. The first kappa shape index (κ1) is 15.9. The number of sulfonamides is 1. The number of rotatable bonds is 4. The molecule has 1 aromatic carbocycles. The molecule has 2 N–H and O–H groups in total. The Labute approximate surface area is 124 Å². The van der Waals surface area contributed by atoms with E-state index in [1.807, 2.05) is 35.2 Å². The van der Waals surface area contributed by atoms with Crippen LogP contribution in [-0.2, 0) is 14.8 Å². The zero-order chi connectivity index (χ0) is 15.5. The maximum absolute atomic E-state index is 12.0. The summed E-state index contributed by atoms with van der Waals surface area (Å²) in [5, 5.41) is 8.95. The van der Waals surface area contributed by atoms with Crippen LogP contribution in [0.3, 0.4) is 0 Å². The van der Waals surface area contributed by atoms with Crippen LogP contribution in [0.4, 0.5) is 0 Å².